The molecule has 1 aromatic rings. The Morgan fingerprint density at radius 2 is 2.11 bits per heavy atom. The van der Waals surface area contributed by atoms with Crippen molar-refractivity contribution in [1.29, 1.82) is 5.26 Å². The van der Waals surface area contributed by atoms with Crippen molar-refractivity contribution in [3.05, 3.63) is 41.5 Å². The number of hydrogen-bond acceptors (Lipinski definition) is 4. The zero-order valence-electron chi connectivity index (χ0n) is 15.2. The van der Waals surface area contributed by atoms with Crippen molar-refractivity contribution < 1.29 is 23.1 Å². The first-order valence-electron chi connectivity index (χ1n) is 8.69. The number of ketones is 1. The number of hydrogen-bond donors (Lipinski definition) is 0. The number of halogens is 2. The van der Waals surface area contributed by atoms with Gasteiger partial charge >= 0.3 is 0 Å². The normalized spacial score (nSPS) is 23.9. The van der Waals surface area contributed by atoms with E-state index in [0.29, 0.717) is 32.0 Å². The summed E-state index contributed by atoms with van der Waals surface area (Å²) in [6, 6.07) is 4.87. The maximum Gasteiger partial charge on any atom is 0.260 e. The summed E-state index contributed by atoms with van der Waals surface area (Å²) < 4.78 is 31.7. The van der Waals surface area contributed by atoms with Crippen molar-refractivity contribution in [1.82, 2.24) is 4.90 Å². The van der Waals surface area contributed by atoms with Crippen LogP contribution in [-0.4, -0.2) is 36.3 Å². The van der Waals surface area contributed by atoms with E-state index in [-0.39, 0.29) is 29.6 Å². The topological polar surface area (TPSA) is 70.4 Å². The van der Waals surface area contributed by atoms with Crippen LogP contribution in [0.3, 0.4) is 0 Å². The number of ether oxygens (including phenoxy) is 1. The van der Waals surface area contributed by atoms with Gasteiger partial charge in [-0.05, 0) is 25.0 Å². The van der Waals surface area contributed by atoms with Gasteiger partial charge in [-0.25, -0.2) is 8.78 Å². The number of amides is 1. The summed E-state index contributed by atoms with van der Waals surface area (Å²) in [5, 5.41) is 9.27. The zero-order chi connectivity index (χ0) is 19.8. The number of rotatable bonds is 3. The SMILES string of the molecule is CC1(C)C[C@]2(C=C(C#N)C1=O)CCN(C(=O)COc1ccc(F)cc1F)C2. The average molecular weight is 374 g/mol. The number of nitrogens with zero attached hydrogens (tertiary/aromatic N) is 2. The molecule has 142 valence electrons. The molecule has 7 heteroatoms. The van der Waals surface area contributed by atoms with Crippen molar-refractivity contribution in [2.45, 2.75) is 26.7 Å². The molecule has 1 heterocycles. The van der Waals surface area contributed by atoms with Crippen LogP contribution in [-0.2, 0) is 9.59 Å². The Hall–Kier alpha value is -2.75. The van der Waals surface area contributed by atoms with E-state index in [1.54, 1.807) is 11.0 Å². The molecular weight excluding hydrogens is 354 g/mol. The molecule has 3 rings (SSSR count). The van der Waals surface area contributed by atoms with Crippen LogP contribution in [0.4, 0.5) is 8.78 Å². The molecule has 5 nitrogen and oxygen atoms in total. The van der Waals surface area contributed by atoms with Gasteiger partial charge in [-0.15, -0.1) is 0 Å². The van der Waals surface area contributed by atoms with E-state index >= 15 is 0 Å². The van der Waals surface area contributed by atoms with E-state index in [0.717, 1.165) is 12.1 Å². The highest BCUT2D eigenvalue weighted by Gasteiger charge is 2.48. The average Bonchev–Trinajstić information content (AvgIpc) is 3.00. The first-order valence-corrected chi connectivity index (χ1v) is 8.69. The minimum Gasteiger partial charge on any atom is -0.481 e. The highest BCUT2D eigenvalue weighted by atomic mass is 19.1. The first kappa shape index (κ1) is 19.0. The van der Waals surface area contributed by atoms with Crippen LogP contribution >= 0.6 is 0 Å². The van der Waals surface area contributed by atoms with Crippen molar-refractivity contribution in [2.24, 2.45) is 10.8 Å². The highest BCUT2D eigenvalue weighted by Crippen LogP contribution is 2.47. The Balaban J connectivity index is 1.68. The number of Topliss-reactive ketones (excluding diaryl/α,β-unsaturated/α-hetero) is 1. The lowest BCUT2D eigenvalue weighted by molar-refractivity contribution is -0.132. The van der Waals surface area contributed by atoms with Crippen molar-refractivity contribution in [3.63, 3.8) is 0 Å². The van der Waals surface area contributed by atoms with E-state index in [2.05, 4.69) is 0 Å². The third-order valence-electron chi connectivity index (χ3n) is 5.21. The molecule has 1 atom stereocenters. The Labute approximate surface area is 156 Å². The summed E-state index contributed by atoms with van der Waals surface area (Å²) in [6.07, 6.45) is 2.90. The van der Waals surface area contributed by atoms with E-state index in [4.69, 9.17) is 4.74 Å². The predicted molar refractivity (Wildman–Crippen MR) is 92.6 cm³/mol. The molecule has 0 bridgehead atoms. The van der Waals surface area contributed by atoms with Crippen LogP contribution in [0.1, 0.15) is 26.7 Å². The smallest absolute Gasteiger partial charge is 0.260 e. The maximum atomic E-state index is 13.6. The Kier molecular flexibility index (Phi) is 4.77. The van der Waals surface area contributed by atoms with Gasteiger partial charge in [-0.3, -0.25) is 9.59 Å². The number of carbonyl (C=O) groups is 2. The fourth-order valence-electron chi connectivity index (χ4n) is 4.02. The minimum atomic E-state index is -0.866. The lowest BCUT2D eigenvalue weighted by atomic mass is 9.64. The molecule has 1 aromatic carbocycles. The summed E-state index contributed by atoms with van der Waals surface area (Å²) in [5.74, 6) is -2.26. The molecule has 1 amide bonds. The molecular formula is C20H20F2N2O3. The van der Waals surface area contributed by atoms with Crippen LogP contribution < -0.4 is 4.74 Å². The van der Waals surface area contributed by atoms with Gasteiger partial charge in [0, 0.05) is 30.0 Å². The van der Waals surface area contributed by atoms with Crippen LogP contribution in [0, 0.1) is 33.8 Å². The van der Waals surface area contributed by atoms with Crippen molar-refractivity contribution in [3.8, 4) is 11.8 Å². The van der Waals surface area contributed by atoms with Gasteiger partial charge in [-0.2, -0.15) is 5.26 Å². The molecule has 1 spiro atoms. The van der Waals surface area contributed by atoms with Gasteiger partial charge in [0.2, 0.25) is 0 Å². The monoisotopic (exact) mass is 374 g/mol. The number of allylic oxidation sites excluding steroid dienone is 1. The van der Waals surface area contributed by atoms with Gasteiger partial charge in [0.05, 0.1) is 5.57 Å². The molecule has 0 N–H and O–H groups in total. The predicted octanol–water partition coefficient (Wildman–Crippen LogP) is 3.01. The Morgan fingerprint density at radius 1 is 1.37 bits per heavy atom. The molecule has 27 heavy (non-hydrogen) atoms. The lowest BCUT2D eigenvalue weighted by Gasteiger charge is -2.38. The van der Waals surface area contributed by atoms with E-state index in [9.17, 15) is 23.6 Å². The van der Waals surface area contributed by atoms with Gasteiger partial charge < -0.3 is 9.64 Å². The fourth-order valence-corrected chi connectivity index (χ4v) is 4.02. The minimum absolute atomic E-state index is 0.144. The third kappa shape index (κ3) is 3.70. The lowest BCUT2D eigenvalue weighted by Crippen LogP contribution is -2.41. The second-order valence-electron chi connectivity index (χ2n) is 7.85. The molecule has 0 aromatic heterocycles. The Bertz CT molecular complexity index is 872. The number of likely N-dealkylation sites (tertiary alicyclic amines) is 1. The van der Waals surface area contributed by atoms with Crippen LogP contribution in [0.15, 0.2) is 29.8 Å². The summed E-state index contributed by atoms with van der Waals surface area (Å²) in [6.45, 7) is 4.10. The quantitative estimate of drug-likeness (QED) is 0.816. The van der Waals surface area contributed by atoms with E-state index in [1.165, 1.54) is 0 Å². The zero-order valence-corrected chi connectivity index (χ0v) is 15.2. The van der Waals surface area contributed by atoms with Gasteiger partial charge in [0.25, 0.3) is 5.91 Å². The molecule has 1 saturated heterocycles. The van der Waals surface area contributed by atoms with E-state index < -0.39 is 22.5 Å². The maximum absolute atomic E-state index is 13.6. The molecule has 0 radical (unpaired) electrons. The van der Waals surface area contributed by atoms with Crippen molar-refractivity contribution >= 4 is 11.7 Å². The van der Waals surface area contributed by atoms with Gasteiger partial charge in [-0.1, -0.05) is 19.9 Å². The summed E-state index contributed by atoms with van der Waals surface area (Å²) >= 11 is 0. The van der Waals surface area contributed by atoms with Gasteiger partial charge in [0.1, 0.15) is 11.9 Å². The largest absolute Gasteiger partial charge is 0.481 e. The standard InChI is InChI=1S/C20H20F2N2O3/c1-19(2)11-20(8-13(9-23)18(19)26)5-6-24(12-20)17(25)10-27-16-4-3-14(21)7-15(16)22/h3-4,7-8H,5-6,10-12H2,1-2H3/t20-/m1/s1. The highest BCUT2D eigenvalue weighted by molar-refractivity contribution is 6.03. The second-order valence-corrected chi connectivity index (χ2v) is 7.85. The molecule has 1 fully saturated rings. The van der Waals surface area contributed by atoms with Crippen LogP contribution in [0.5, 0.6) is 5.75 Å². The molecule has 0 saturated carbocycles. The molecule has 1 aliphatic heterocycles. The van der Waals surface area contributed by atoms with Crippen LogP contribution in [0.2, 0.25) is 0 Å². The number of benzene rings is 1. The van der Waals surface area contributed by atoms with E-state index in [1.807, 2.05) is 19.9 Å². The molecule has 2 aliphatic rings. The molecule has 1 aliphatic carbocycles. The summed E-state index contributed by atoms with van der Waals surface area (Å²) in [4.78, 5) is 26.3. The number of carbonyl (C=O) groups excluding carboxylic acids is 2. The van der Waals surface area contributed by atoms with Crippen LogP contribution in [0.25, 0.3) is 0 Å². The summed E-state index contributed by atoms with van der Waals surface area (Å²) in [5.41, 5.74) is -0.934. The number of nitriles is 1. The summed E-state index contributed by atoms with van der Waals surface area (Å²) in [7, 11) is 0. The first-order chi connectivity index (χ1) is 12.7. The third-order valence-corrected chi connectivity index (χ3v) is 5.21. The fraction of sp³-hybridized carbons (Fsp3) is 0.450. The van der Waals surface area contributed by atoms with Crippen molar-refractivity contribution in [2.75, 3.05) is 19.7 Å². The van der Waals surface area contributed by atoms with Gasteiger partial charge in [0.15, 0.2) is 24.0 Å². The second kappa shape index (κ2) is 6.76. The Morgan fingerprint density at radius 3 is 2.78 bits per heavy atom. The molecule has 0 unspecified atom stereocenters.